The molecule has 9 heteroatoms. The maximum absolute atomic E-state index is 12.0. The van der Waals surface area contributed by atoms with Crippen LogP contribution in [0.4, 0.5) is 11.8 Å². The van der Waals surface area contributed by atoms with Crippen molar-refractivity contribution in [1.29, 1.82) is 0 Å². The molecule has 164 valence electrons. The average molecular weight is 443 g/mol. The number of carbonyl (C=O) groups is 2. The number of aromatic nitrogens is 2. The van der Waals surface area contributed by atoms with Gasteiger partial charge in [-0.25, -0.2) is 4.98 Å². The first-order valence-electron chi connectivity index (χ1n) is 10.6. The van der Waals surface area contributed by atoms with Crippen LogP contribution in [0.2, 0.25) is 5.02 Å². The number of nitrogens with one attached hydrogen (secondary N) is 2. The molecule has 0 spiro atoms. The van der Waals surface area contributed by atoms with E-state index in [1.165, 1.54) is 0 Å². The first kappa shape index (κ1) is 21.4. The Morgan fingerprint density at radius 1 is 0.968 bits per heavy atom. The zero-order valence-electron chi connectivity index (χ0n) is 18.0. The summed E-state index contributed by atoms with van der Waals surface area (Å²) in [6.07, 6.45) is 2.87. The van der Waals surface area contributed by atoms with Gasteiger partial charge in [0.1, 0.15) is 18.1 Å². The lowest BCUT2D eigenvalue weighted by atomic mass is 10.0. The molecule has 1 aromatic carbocycles. The molecule has 2 N–H and O–H groups in total. The van der Waals surface area contributed by atoms with Crippen molar-refractivity contribution < 1.29 is 9.59 Å². The summed E-state index contributed by atoms with van der Waals surface area (Å²) in [6, 6.07) is 7.59. The van der Waals surface area contributed by atoms with Gasteiger partial charge >= 0.3 is 0 Å². The number of aryl methyl sites for hydroxylation is 1. The predicted octanol–water partition coefficient (Wildman–Crippen LogP) is 3.34. The largest absolute Gasteiger partial charge is 0.349 e. The zero-order chi connectivity index (χ0) is 22.1. The van der Waals surface area contributed by atoms with Crippen molar-refractivity contribution in [2.45, 2.75) is 51.4 Å². The van der Waals surface area contributed by atoms with E-state index in [9.17, 15) is 9.59 Å². The van der Waals surface area contributed by atoms with Gasteiger partial charge < -0.3 is 20.4 Å². The van der Waals surface area contributed by atoms with Crippen LogP contribution >= 0.6 is 11.6 Å². The lowest BCUT2D eigenvalue weighted by Crippen LogP contribution is -2.36. The highest BCUT2D eigenvalue weighted by Crippen LogP contribution is 2.34. The summed E-state index contributed by atoms with van der Waals surface area (Å²) in [4.78, 5) is 36.9. The van der Waals surface area contributed by atoms with Crippen molar-refractivity contribution in [1.82, 2.24) is 19.8 Å². The monoisotopic (exact) mass is 442 g/mol. The summed E-state index contributed by atoms with van der Waals surface area (Å²) < 4.78 is 0. The lowest BCUT2D eigenvalue weighted by molar-refractivity contribution is -0.128. The molecular weight excluding hydrogens is 416 g/mol. The lowest BCUT2D eigenvalue weighted by Gasteiger charge is -2.26. The summed E-state index contributed by atoms with van der Waals surface area (Å²) in [5.74, 6) is 1.35. The second-order valence-electron chi connectivity index (χ2n) is 7.98. The van der Waals surface area contributed by atoms with E-state index in [0.29, 0.717) is 48.9 Å². The van der Waals surface area contributed by atoms with Gasteiger partial charge in [-0.15, -0.1) is 0 Å². The number of hydrogen-bond donors (Lipinski definition) is 2. The summed E-state index contributed by atoms with van der Waals surface area (Å²) in [7, 11) is 3.59. The van der Waals surface area contributed by atoms with Crippen LogP contribution in [0.25, 0.3) is 11.1 Å². The average Bonchev–Trinajstić information content (AvgIpc) is 3.25. The summed E-state index contributed by atoms with van der Waals surface area (Å²) in [5.41, 5.74) is 2.73. The van der Waals surface area contributed by atoms with Crippen molar-refractivity contribution in [2.75, 3.05) is 24.7 Å². The van der Waals surface area contributed by atoms with E-state index in [2.05, 4.69) is 10.6 Å². The minimum atomic E-state index is -0.137. The van der Waals surface area contributed by atoms with Gasteiger partial charge in [-0.1, -0.05) is 30.7 Å². The Morgan fingerprint density at radius 2 is 1.55 bits per heavy atom. The Morgan fingerprint density at radius 3 is 2.06 bits per heavy atom. The van der Waals surface area contributed by atoms with E-state index in [0.717, 1.165) is 16.8 Å². The molecule has 8 nitrogen and oxygen atoms in total. The molecule has 0 unspecified atom stereocenters. The maximum atomic E-state index is 12.0. The molecule has 4 rings (SSSR count). The molecule has 2 aliphatic rings. The first-order valence-corrected chi connectivity index (χ1v) is 11.0. The van der Waals surface area contributed by atoms with Crippen LogP contribution in [0.5, 0.6) is 0 Å². The third-order valence-electron chi connectivity index (χ3n) is 6.04. The van der Waals surface area contributed by atoms with Gasteiger partial charge in [0.25, 0.3) is 0 Å². The van der Waals surface area contributed by atoms with Crippen LogP contribution in [-0.4, -0.2) is 58.0 Å². The number of benzene rings is 1. The van der Waals surface area contributed by atoms with Gasteiger partial charge in [0.05, 0.1) is 5.69 Å². The highest BCUT2D eigenvalue weighted by Gasteiger charge is 2.31. The number of nitrogens with zero attached hydrogens (tertiary/aromatic N) is 4. The fourth-order valence-corrected chi connectivity index (χ4v) is 4.23. The Balaban J connectivity index is 1.74. The number of likely N-dealkylation sites (tertiary alicyclic amines) is 2. The third-order valence-corrected chi connectivity index (χ3v) is 6.29. The molecule has 0 radical (unpaired) electrons. The number of carbonyl (C=O) groups excluding carboxylic acids is 2. The summed E-state index contributed by atoms with van der Waals surface area (Å²) in [6.45, 7) is 2.05. The molecule has 3 heterocycles. The Labute approximate surface area is 187 Å². The van der Waals surface area contributed by atoms with Gasteiger partial charge in [-0.2, -0.15) is 4.98 Å². The van der Waals surface area contributed by atoms with Crippen molar-refractivity contribution >= 4 is 35.2 Å². The first-order chi connectivity index (χ1) is 14.9. The van der Waals surface area contributed by atoms with E-state index >= 15 is 0 Å². The second kappa shape index (κ2) is 8.70. The van der Waals surface area contributed by atoms with E-state index < -0.39 is 0 Å². The van der Waals surface area contributed by atoms with Gasteiger partial charge in [-0.05, 0) is 37.0 Å². The number of hydrogen-bond acceptors (Lipinski definition) is 6. The summed E-state index contributed by atoms with van der Waals surface area (Å²) in [5, 5.41) is 7.43. The maximum Gasteiger partial charge on any atom is 0.226 e. The van der Waals surface area contributed by atoms with Crippen molar-refractivity contribution in [3.05, 3.63) is 35.0 Å². The minimum absolute atomic E-state index is 0.107. The molecule has 2 aromatic rings. The van der Waals surface area contributed by atoms with Crippen LogP contribution in [0, 0.1) is 0 Å². The highest BCUT2D eigenvalue weighted by atomic mass is 35.5. The molecule has 31 heavy (non-hydrogen) atoms. The van der Waals surface area contributed by atoms with E-state index in [-0.39, 0.29) is 24.1 Å². The van der Waals surface area contributed by atoms with Gasteiger partial charge in [-0.3, -0.25) is 9.59 Å². The number of halogens is 1. The number of rotatable bonds is 6. The van der Waals surface area contributed by atoms with E-state index in [4.69, 9.17) is 21.6 Å². The Hall–Kier alpha value is -2.87. The SMILES string of the molecule is CCc1nc(N[C@H]2CCC(=O)N2C)nc(N[C@@H]2CCC(=O)N2C)c1-c1ccc(Cl)cc1. The van der Waals surface area contributed by atoms with Crippen LogP contribution in [-0.2, 0) is 16.0 Å². The quantitative estimate of drug-likeness (QED) is 0.713. The van der Waals surface area contributed by atoms with Crippen LogP contribution in [0.1, 0.15) is 38.3 Å². The standard InChI is InChI=1S/C22H27ClN6O2/c1-4-15-20(13-5-7-14(23)8-6-13)21(25-16-9-11-18(30)28(16)2)27-22(24-15)26-17-10-12-19(31)29(17)3/h5-8,16-17H,4,9-12H2,1-3H3,(H2,24,25,26,27)/t16-,17+/m0/s1. The number of anilines is 2. The molecule has 1 aromatic heterocycles. The summed E-state index contributed by atoms with van der Waals surface area (Å²) >= 11 is 6.10. The molecule has 0 saturated carbocycles. The molecule has 0 bridgehead atoms. The fraction of sp³-hybridized carbons (Fsp3) is 0.455. The van der Waals surface area contributed by atoms with Gasteiger partial charge in [0, 0.05) is 37.5 Å². The normalized spacial score (nSPS) is 21.2. The van der Waals surface area contributed by atoms with E-state index in [1.54, 1.807) is 23.9 Å². The van der Waals surface area contributed by atoms with Gasteiger partial charge in [0.2, 0.25) is 17.8 Å². The van der Waals surface area contributed by atoms with Crippen LogP contribution in [0.3, 0.4) is 0 Å². The Kier molecular flexibility index (Phi) is 6.00. The molecule has 0 aliphatic carbocycles. The minimum Gasteiger partial charge on any atom is -0.349 e. The zero-order valence-corrected chi connectivity index (χ0v) is 18.7. The van der Waals surface area contributed by atoms with Crippen LogP contribution in [0.15, 0.2) is 24.3 Å². The molecular formula is C22H27ClN6O2. The smallest absolute Gasteiger partial charge is 0.226 e. The van der Waals surface area contributed by atoms with E-state index in [1.807, 2.05) is 31.2 Å². The second-order valence-corrected chi connectivity index (χ2v) is 8.42. The highest BCUT2D eigenvalue weighted by molar-refractivity contribution is 6.30. The van der Waals surface area contributed by atoms with Crippen LogP contribution < -0.4 is 10.6 Å². The third kappa shape index (κ3) is 4.30. The van der Waals surface area contributed by atoms with Crippen molar-refractivity contribution in [3.8, 4) is 11.1 Å². The van der Waals surface area contributed by atoms with Gasteiger partial charge in [0.15, 0.2) is 0 Å². The molecule has 2 aliphatic heterocycles. The molecule has 2 amide bonds. The Bertz CT molecular complexity index is 996. The number of amides is 2. The van der Waals surface area contributed by atoms with Crippen molar-refractivity contribution in [3.63, 3.8) is 0 Å². The van der Waals surface area contributed by atoms with Crippen molar-refractivity contribution in [2.24, 2.45) is 0 Å². The predicted molar refractivity (Wildman–Crippen MR) is 121 cm³/mol. The topological polar surface area (TPSA) is 90.5 Å². The molecule has 2 fully saturated rings. The molecule has 2 saturated heterocycles. The molecule has 2 atom stereocenters. The fourth-order valence-electron chi connectivity index (χ4n) is 4.10.